The standard InChI is InChI=1S/C17H16ClNO/c18-16-9-5-4-8-15(16)17(20)19(14-10-11-14)12-13-6-2-1-3-7-13/h1-9,14H,10-12H2. The summed E-state index contributed by atoms with van der Waals surface area (Å²) in [6, 6.07) is 17.7. The van der Waals surface area contributed by atoms with E-state index in [1.165, 1.54) is 0 Å². The Bertz CT molecular complexity index is 607. The fraction of sp³-hybridized carbons (Fsp3) is 0.235. The molecule has 102 valence electrons. The van der Waals surface area contributed by atoms with Crippen molar-refractivity contribution in [3.05, 3.63) is 70.7 Å². The van der Waals surface area contributed by atoms with Crippen LogP contribution in [0.2, 0.25) is 5.02 Å². The average molecular weight is 286 g/mol. The summed E-state index contributed by atoms with van der Waals surface area (Å²) >= 11 is 6.14. The molecule has 1 aliphatic rings. The fourth-order valence-electron chi connectivity index (χ4n) is 2.32. The van der Waals surface area contributed by atoms with Crippen molar-refractivity contribution in [3.63, 3.8) is 0 Å². The molecule has 0 N–H and O–H groups in total. The summed E-state index contributed by atoms with van der Waals surface area (Å²) in [6.45, 7) is 0.648. The molecule has 1 amide bonds. The first kappa shape index (κ1) is 13.2. The van der Waals surface area contributed by atoms with Crippen molar-refractivity contribution in [2.75, 3.05) is 0 Å². The van der Waals surface area contributed by atoms with E-state index in [0.29, 0.717) is 23.2 Å². The maximum Gasteiger partial charge on any atom is 0.255 e. The first-order valence-corrected chi connectivity index (χ1v) is 7.23. The molecule has 0 heterocycles. The van der Waals surface area contributed by atoms with Crippen molar-refractivity contribution in [2.24, 2.45) is 0 Å². The SMILES string of the molecule is O=C(c1ccccc1Cl)N(Cc1ccccc1)C1CC1. The summed E-state index contributed by atoms with van der Waals surface area (Å²) in [7, 11) is 0. The second-order valence-electron chi connectivity index (χ2n) is 5.13. The van der Waals surface area contributed by atoms with Crippen LogP contribution in [0.15, 0.2) is 54.6 Å². The van der Waals surface area contributed by atoms with Crippen LogP contribution in [0.25, 0.3) is 0 Å². The smallest absolute Gasteiger partial charge is 0.255 e. The van der Waals surface area contributed by atoms with Crippen molar-refractivity contribution in [3.8, 4) is 0 Å². The van der Waals surface area contributed by atoms with Gasteiger partial charge in [-0.3, -0.25) is 4.79 Å². The molecule has 1 fully saturated rings. The van der Waals surface area contributed by atoms with E-state index in [2.05, 4.69) is 12.1 Å². The number of carbonyl (C=O) groups excluding carboxylic acids is 1. The van der Waals surface area contributed by atoms with Crippen molar-refractivity contribution < 1.29 is 4.79 Å². The zero-order chi connectivity index (χ0) is 13.9. The molecule has 0 spiro atoms. The largest absolute Gasteiger partial charge is 0.331 e. The van der Waals surface area contributed by atoms with E-state index in [9.17, 15) is 4.79 Å². The first-order valence-electron chi connectivity index (χ1n) is 6.85. The number of hydrogen-bond donors (Lipinski definition) is 0. The minimum absolute atomic E-state index is 0.0296. The van der Waals surface area contributed by atoms with Crippen LogP contribution in [0.5, 0.6) is 0 Å². The maximum absolute atomic E-state index is 12.7. The molecule has 3 rings (SSSR count). The van der Waals surface area contributed by atoms with Crippen LogP contribution in [0.3, 0.4) is 0 Å². The van der Waals surface area contributed by atoms with E-state index in [1.54, 1.807) is 12.1 Å². The van der Waals surface area contributed by atoms with Gasteiger partial charge in [-0.25, -0.2) is 0 Å². The van der Waals surface area contributed by atoms with Crippen LogP contribution in [0.4, 0.5) is 0 Å². The molecular weight excluding hydrogens is 270 g/mol. The lowest BCUT2D eigenvalue weighted by Gasteiger charge is -2.23. The van der Waals surface area contributed by atoms with Gasteiger partial charge in [-0.05, 0) is 30.5 Å². The van der Waals surface area contributed by atoms with Crippen molar-refractivity contribution in [2.45, 2.75) is 25.4 Å². The Balaban J connectivity index is 1.84. The quantitative estimate of drug-likeness (QED) is 0.826. The van der Waals surface area contributed by atoms with E-state index in [0.717, 1.165) is 18.4 Å². The first-order chi connectivity index (χ1) is 9.75. The van der Waals surface area contributed by atoms with Gasteiger partial charge >= 0.3 is 0 Å². The minimum atomic E-state index is 0.0296. The lowest BCUT2D eigenvalue weighted by Crippen LogP contribution is -2.32. The Morgan fingerprint density at radius 2 is 1.70 bits per heavy atom. The summed E-state index contributed by atoms with van der Waals surface area (Å²) in [6.07, 6.45) is 2.17. The highest BCUT2D eigenvalue weighted by Crippen LogP contribution is 2.31. The number of halogens is 1. The Hall–Kier alpha value is -1.80. The maximum atomic E-state index is 12.7. The van der Waals surface area contributed by atoms with Gasteiger partial charge in [0.25, 0.3) is 5.91 Å². The monoisotopic (exact) mass is 285 g/mol. The van der Waals surface area contributed by atoms with E-state index in [4.69, 9.17) is 11.6 Å². The van der Waals surface area contributed by atoms with Gasteiger partial charge in [0, 0.05) is 12.6 Å². The van der Waals surface area contributed by atoms with Crippen LogP contribution >= 0.6 is 11.6 Å². The molecule has 0 saturated heterocycles. The third-order valence-corrected chi connectivity index (χ3v) is 3.88. The molecule has 2 aromatic rings. The van der Waals surface area contributed by atoms with Crippen LogP contribution in [-0.4, -0.2) is 16.8 Å². The molecule has 2 nitrogen and oxygen atoms in total. The van der Waals surface area contributed by atoms with Gasteiger partial charge < -0.3 is 4.90 Å². The number of amides is 1. The Kier molecular flexibility index (Phi) is 3.75. The molecule has 1 aliphatic carbocycles. The molecule has 0 aliphatic heterocycles. The van der Waals surface area contributed by atoms with Crippen LogP contribution < -0.4 is 0 Å². The average Bonchev–Trinajstić information content (AvgIpc) is 3.30. The highest BCUT2D eigenvalue weighted by atomic mass is 35.5. The minimum Gasteiger partial charge on any atom is -0.331 e. The Labute approximate surface area is 124 Å². The van der Waals surface area contributed by atoms with Gasteiger partial charge in [0.15, 0.2) is 0 Å². The number of rotatable bonds is 4. The number of benzene rings is 2. The highest BCUT2D eigenvalue weighted by Gasteiger charge is 2.33. The summed E-state index contributed by atoms with van der Waals surface area (Å²) in [5.41, 5.74) is 1.75. The van der Waals surface area contributed by atoms with Gasteiger partial charge in [-0.2, -0.15) is 0 Å². The molecule has 1 saturated carbocycles. The Morgan fingerprint density at radius 1 is 1.05 bits per heavy atom. The van der Waals surface area contributed by atoms with Crippen LogP contribution in [-0.2, 0) is 6.54 Å². The van der Waals surface area contributed by atoms with Gasteiger partial charge in [-0.15, -0.1) is 0 Å². The molecule has 0 unspecified atom stereocenters. The predicted molar refractivity (Wildman–Crippen MR) is 80.8 cm³/mol. The van der Waals surface area contributed by atoms with Crippen molar-refractivity contribution >= 4 is 17.5 Å². The number of nitrogens with zero attached hydrogens (tertiary/aromatic N) is 1. The van der Waals surface area contributed by atoms with Crippen molar-refractivity contribution in [1.29, 1.82) is 0 Å². The Morgan fingerprint density at radius 3 is 2.35 bits per heavy atom. The normalized spacial score (nSPS) is 14.1. The molecular formula is C17H16ClNO. The van der Waals surface area contributed by atoms with Gasteiger partial charge in [0.1, 0.15) is 0 Å². The fourth-order valence-corrected chi connectivity index (χ4v) is 2.54. The third kappa shape index (κ3) is 2.86. The molecule has 0 atom stereocenters. The lowest BCUT2D eigenvalue weighted by atomic mass is 10.1. The van der Waals surface area contributed by atoms with E-state index >= 15 is 0 Å². The molecule has 20 heavy (non-hydrogen) atoms. The zero-order valence-corrected chi connectivity index (χ0v) is 11.9. The second kappa shape index (κ2) is 5.68. The summed E-state index contributed by atoms with van der Waals surface area (Å²) in [5.74, 6) is 0.0296. The molecule has 0 aromatic heterocycles. The predicted octanol–water partition coefficient (Wildman–Crippen LogP) is 4.14. The lowest BCUT2D eigenvalue weighted by molar-refractivity contribution is 0.0730. The molecule has 3 heteroatoms. The highest BCUT2D eigenvalue weighted by molar-refractivity contribution is 6.33. The topological polar surface area (TPSA) is 20.3 Å². The molecule has 0 radical (unpaired) electrons. The van der Waals surface area contributed by atoms with E-state index in [-0.39, 0.29) is 5.91 Å². The number of hydrogen-bond acceptors (Lipinski definition) is 1. The number of carbonyl (C=O) groups is 1. The summed E-state index contributed by atoms with van der Waals surface area (Å²) in [5, 5.41) is 0.524. The van der Waals surface area contributed by atoms with Gasteiger partial charge in [0.2, 0.25) is 0 Å². The van der Waals surface area contributed by atoms with E-state index < -0.39 is 0 Å². The van der Waals surface area contributed by atoms with Crippen LogP contribution in [0, 0.1) is 0 Å². The second-order valence-corrected chi connectivity index (χ2v) is 5.54. The molecule has 2 aromatic carbocycles. The van der Waals surface area contributed by atoms with Gasteiger partial charge in [0.05, 0.1) is 10.6 Å². The molecule has 0 bridgehead atoms. The van der Waals surface area contributed by atoms with Crippen molar-refractivity contribution in [1.82, 2.24) is 4.90 Å². The summed E-state index contributed by atoms with van der Waals surface area (Å²) < 4.78 is 0. The van der Waals surface area contributed by atoms with Gasteiger partial charge in [-0.1, -0.05) is 54.1 Å². The van der Waals surface area contributed by atoms with Crippen LogP contribution in [0.1, 0.15) is 28.8 Å². The zero-order valence-electron chi connectivity index (χ0n) is 11.1. The third-order valence-electron chi connectivity index (χ3n) is 3.55. The summed E-state index contributed by atoms with van der Waals surface area (Å²) in [4.78, 5) is 14.6. The van der Waals surface area contributed by atoms with E-state index in [1.807, 2.05) is 35.2 Å².